The zero-order valence-corrected chi connectivity index (χ0v) is 22.5. The Hall–Kier alpha value is -3.18. The first-order valence-electron chi connectivity index (χ1n) is 13.2. The second-order valence-electron chi connectivity index (χ2n) is 10.2. The van der Waals surface area contributed by atoms with Crippen LogP contribution in [0.3, 0.4) is 0 Å². The summed E-state index contributed by atoms with van der Waals surface area (Å²) in [5.74, 6) is -0.981. The third-order valence-electron chi connectivity index (χ3n) is 6.50. The summed E-state index contributed by atoms with van der Waals surface area (Å²) in [6, 6.07) is 5.34. The molecule has 0 aromatic heterocycles. The fourth-order valence-corrected chi connectivity index (χ4v) is 4.49. The minimum Gasteiger partial charge on any atom is -0.484 e. The van der Waals surface area contributed by atoms with Crippen LogP contribution in [0.1, 0.15) is 38.7 Å². The first-order valence-corrected chi connectivity index (χ1v) is 13.2. The van der Waals surface area contributed by atoms with Crippen LogP contribution >= 0.6 is 0 Å². The third kappa shape index (κ3) is 9.29. The highest BCUT2D eigenvalue weighted by Crippen LogP contribution is 2.15. The maximum atomic E-state index is 13.5. The van der Waals surface area contributed by atoms with Gasteiger partial charge in [-0.15, -0.1) is 0 Å². The van der Waals surface area contributed by atoms with Gasteiger partial charge in [0.05, 0.1) is 13.2 Å². The number of hydrogen-bond acceptors (Lipinski definition) is 7. The van der Waals surface area contributed by atoms with Crippen molar-refractivity contribution in [3.63, 3.8) is 0 Å². The van der Waals surface area contributed by atoms with Crippen LogP contribution in [0.5, 0.6) is 5.75 Å². The fourth-order valence-electron chi connectivity index (χ4n) is 4.49. The lowest BCUT2D eigenvalue weighted by Crippen LogP contribution is -2.56. The molecule has 3 aliphatic rings. The van der Waals surface area contributed by atoms with Crippen LogP contribution < -0.4 is 20.7 Å². The summed E-state index contributed by atoms with van der Waals surface area (Å²) < 4.78 is 16.2. The highest BCUT2D eigenvalue weighted by Gasteiger charge is 2.30. The highest BCUT2D eigenvalue weighted by atomic mass is 16.5. The van der Waals surface area contributed by atoms with Gasteiger partial charge in [0.1, 0.15) is 17.8 Å². The first-order chi connectivity index (χ1) is 18.2. The van der Waals surface area contributed by atoms with E-state index in [0.29, 0.717) is 38.2 Å². The lowest BCUT2D eigenvalue weighted by atomic mass is 10.0. The minimum atomic E-state index is -0.837. The summed E-state index contributed by atoms with van der Waals surface area (Å²) in [6.45, 7) is 4.89. The SMILES string of the molecule is COCCN1CC(=O)N[C@H](C(=O)NC2CCOCC2)Cc2ccc(cc2)OCC(=O)N[C@@H](CC(C)C)C1=O. The van der Waals surface area contributed by atoms with Gasteiger partial charge in [-0.05, 0) is 42.9 Å². The minimum absolute atomic E-state index is 0.0236. The highest BCUT2D eigenvalue weighted by molar-refractivity contribution is 5.93. The molecule has 3 N–H and O–H groups in total. The van der Waals surface area contributed by atoms with E-state index in [9.17, 15) is 19.2 Å². The molecule has 4 amide bonds. The number of carbonyl (C=O) groups excluding carboxylic acids is 4. The van der Waals surface area contributed by atoms with Gasteiger partial charge in [-0.1, -0.05) is 26.0 Å². The second-order valence-corrected chi connectivity index (χ2v) is 10.2. The van der Waals surface area contributed by atoms with E-state index in [1.54, 1.807) is 24.3 Å². The van der Waals surface area contributed by atoms with Gasteiger partial charge >= 0.3 is 0 Å². The molecule has 210 valence electrons. The van der Waals surface area contributed by atoms with Crippen molar-refractivity contribution >= 4 is 23.6 Å². The summed E-state index contributed by atoms with van der Waals surface area (Å²) in [5, 5.41) is 8.63. The van der Waals surface area contributed by atoms with E-state index in [1.165, 1.54) is 12.0 Å². The van der Waals surface area contributed by atoms with Gasteiger partial charge in [0.15, 0.2) is 6.61 Å². The van der Waals surface area contributed by atoms with Crippen molar-refractivity contribution in [2.24, 2.45) is 5.92 Å². The zero-order valence-electron chi connectivity index (χ0n) is 22.5. The molecule has 3 aliphatic heterocycles. The van der Waals surface area contributed by atoms with E-state index < -0.39 is 29.8 Å². The second kappa shape index (κ2) is 14.7. The van der Waals surface area contributed by atoms with Crippen molar-refractivity contribution < 1.29 is 33.4 Å². The summed E-state index contributed by atoms with van der Waals surface area (Å²) in [7, 11) is 1.51. The molecular weight excluding hydrogens is 492 g/mol. The molecule has 0 saturated carbocycles. The van der Waals surface area contributed by atoms with Crippen LogP contribution in [-0.4, -0.2) is 93.3 Å². The number of hydrogen-bond donors (Lipinski definition) is 3. The third-order valence-corrected chi connectivity index (χ3v) is 6.50. The van der Waals surface area contributed by atoms with Gasteiger partial charge in [0.25, 0.3) is 5.91 Å². The molecule has 2 bridgehead atoms. The van der Waals surface area contributed by atoms with Crippen molar-refractivity contribution in [2.45, 2.75) is 57.7 Å². The average molecular weight is 533 g/mol. The first kappa shape index (κ1) is 29.4. The number of amides is 4. The van der Waals surface area contributed by atoms with Crippen LogP contribution in [0, 0.1) is 5.92 Å². The zero-order chi connectivity index (χ0) is 27.5. The molecule has 1 fully saturated rings. The number of benzene rings is 1. The van der Waals surface area contributed by atoms with Crippen molar-refractivity contribution in [2.75, 3.05) is 46.6 Å². The number of carbonyl (C=O) groups is 4. The summed E-state index contributed by atoms with van der Waals surface area (Å²) >= 11 is 0. The van der Waals surface area contributed by atoms with Crippen LogP contribution in [-0.2, 0) is 35.1 Å². The van der Waals surface area contributed by atoms with E-state index in [2.05, 4.69) is 16.0 Å². The fraction of sp³-hybridized carbons (Fsp3) is 0.630. The van der Waals surface area contributed by atoms with Gasteiger partial charge in [-0.2, -0.15) is 0 Å². The molecule has 11 nitrogen and oxygen atoms in total. The number of methoxy groups -OCH3 is 1. The summed E-state index contributed by atoms with van der Waals surface area (Å²) in [5.41, 5.74) is 0.811. The van der Waals surface area contributed by atoms with Crippen LogP contribution in [0.4, 0.5) is 0 Å². The van der Waals surface area contributed by atoms with Crippen molar-refractivity contribution in [1.29, 1.82) is 0 Å². The lowest BCUT2D eigenvalue weighted by molar-refractivity contribution is -0.141. The van der Waals surface area contributed by atoms with E-state index in [-0.39, 0.29) is 50.6 Å². The molecule has 1 saturated heterocycles. The largest absolute Gasteiger partial charge is 0.484 e. The Morgan fingerprint density at radius 1 is 1.11 bits per heavy atom. The number of fused-ring (bicyclic) bond motifs is 13. The number of ether oxygens (including phenoxy) is 3. The Morgan fingerprint density at radius 3 is 2.47 bits per heavy atom. The maximum Gasteiger partial charge on any atom is 0.258 e. The van der Waals surface area contributed by atoms with Crippen LogP contribution in [0.15, 0.2) is 24.3 Å². The molecule has 1 aromatic rings. The Bertz CT molecular complexity index is 947. The van der Waals surface area contributed by atoms with Crippen molar-refractivity contribution in [3.05, 3.63) is 29.8 Å². The lowest BCUT2D eigenvalue weighted by Gasteiger charge is -2.30. The number of rotatable bonds is 7. The molecule has 0 unspecified atom stereocenters. The predicted molar refractivity (Wildman–Crippen MR) is 139 cm³/mol. The quantitative estimate of drug-likeness (QED) is 0.433. The Morgan fingerprint density at radius 2 is 1.82 bits per heavy atom. The van der Waals surface area contributed by atoms with Gasteiger partial charge in [0.2, 0.25) is 17.7 Å². The Balaban J connectivity index is 1.86. The van der Waals surface area contributed by atoms with Crippen LogP contribution in [0.25, 0.3) is 0 Å². The normalized spacial score (nSPS) is 22.1. The molecule has 38 heavy (non-hydrogen) atoms. The van der Waals surface area contributed by atoms with Gasteiger partial charge in [-0.25, -0.2) is 0 Å². The number of nitrogens with one attached hydrogen (secondary N) is 3. The summed E-state index contributed by atoms with van der Waals surface area (Å²) in [4.78, 5) is 53.9. The van der Waals surface area contributed by atoms with E-state index >= 15 is 0 Å². The standard InChI is InChI=1S/C27H40N4O7/c1-18(2)14-23-27(35)31(10-13-36-3)16-24(32)29-22(26(34)28-20-8-11-37-12-9-20)15-19-4-6-21(7-5-19)38-17-25(33)30-23/h4-7,18,20,22-23H,8-17H2,1-3H3,(H,28,34)(H,29,32)(H,30,33)/t22-,23-/m0/s1. The number of nitrogens with zero attached hydrogens (tertiary/aromatic N) is 1. The molecule has 2 atom stereocenters. The van der Waals surface area contributed by atoms with Crippen molar-refractivity contribution in [3.8, 4) is 5.75 Å². The smallest absolute Gasteiger partial charge is 0.258 e. The van der Waals surface area contributed by atoms with Crippen LogP contribution in [0.2, 0.25) is 0 Å². The molecule has 3 heterocycles. The van der Waals surface area contributed by atoms with Crippen molar-refractivity contribution in [1.82, 2.24) is 20.9 Å². The summed E-state index contributed by atoms with van der Waals surface area (Å²) in [6.07, 6.45) is 2.06. The van der Waals surface area contributed by atoms with E-state index in [1.807, 2.05) is 13.8 Å². The molecule has 4 rings (SSSR count). The average Bonchev–Trinajstić information content (AvgIpc) is 2.89. The Labute approximate surface area is 223 Å². The van der Waals surface area contributed by atoms with Gasteiger partial charge < -0.3 is 35.1 Å². The molecule has 11 heteroatoms. The van der Waals surface area contributed by atoms with Gasteiger partial charge in [-0.3, -0.25) is 19.2 Å². The molecule has 1 aromatic carbocycles. The van der Waals surface area contributed by atoms with E-state index in [0.717, 1.165) is 5.56 Å². The molecule has 0 spiro atoms. The molecule has 0 aliphatic carbocycles. The van der Waals surface area contributed by atoms with Gasteiger partial charge in [0, 0.05) is 39.3 Å². The predicted octanol–water partition coefficient (Wildman–Crippen LogP) is 0.407. The van der Waals surface area contributed by atoms with E-state index in [4.69, 9.17) is 14.2 Å². The molecule has 0 radical (unpaired) electrons. The maximum absolute atomic E-state index is 13.5. The Kier molecular flexibility index (Phi) is 11.3. The monoisotopic (exact) mass is 532 g/mol. The topological polar surface area (TPSA) is 135 Å². The molecular formula is C27H40N4O7.